The van der Waals surface area contributed by atoms with E-state index in [9.17, 15) is 8.42 Å². The van der Waals surface area contributed by atoms with E-state index in [0.717, 1.165) is 17.5 Å². The fourth-order valence-corrected chi connectivity index (χ4v) is 4.38. The lowest BCUT2D eigenvalue weighted by Crippen LogP contribution is -2.12. The Bertz CT molecular complexity index is 1040. The van der Waals surface area contributed by atoms with Crippen molar-refractivity contribution in [1.82, 2.24) is 9.78 Å². The molecule has 0 aliphatic rings. The molecule has 148 valence electrons. The largest absolute Gasteiger partial charge is 0.276 e. The number of benzene rings is 2. The summed E-state index contributed by atoms with van der Waals surface area (Å²) < 4.78 is 29.4. The van der Waals surface area contributed by atoms with E-state index in [0.29, 0.717) is 28.2 Å². The number of sulfonamides is 1. The molecule has 0 bridgehead atoms. The monoisotopic (exact) mass is 437 g/mol. The number of rotatable bonds is 7. The Morgan fingerprint density at radius 3 is 2.32 bits per heavy atom. The Hall–Kier alpha value is -2.02. The molecule has 0 radical (unpaired) electrons. The molecule has 0 saturated carbocycles. The third-order valence-corrected chi connectivity index (χ3v) is 6.25. The highest BCUT2D eigenvalue weighted by Crippen LogP contribution is 2.25. The van der Waals surface area contributed by atoms with Gasteiger partial charge in [0.1, 0.15) is 0 Å². The van der Waals surface area contributed by atoms with Gasteiger partial charge in [0.15, 0.2) is 0 Å². The first kappa shape index (κ1) is 20.7. The van der Waals surface area contributed by atoms with Gasteiger partial charge in [-0.3, -0.25) is 9.40 Å². The summed E-state index contributed by atoms with van der Waals surface area (Å²) in [6.45, 7) is 4.59. The maximum atomic E-state index is 12.6. The van der Waals surface area contributed by atoms with Gasteiger partial charge in [-0.25, -0.2) is 8.42 Å². The quantitative estimate of drug-likeness (QED) is 0.549. The smallest absolute Gasteiger partial charge is 0.261 e. The van der Waals surface area contributed by atoms with Crippen LogP contribution in [0.5, 0.6) is 0 Å². The van der Waals surface area contributed by atoms with Gasteiger partial charge in [-0.15, -0.1) is 0 Å². The molecule has 1 aromatic heterocycles. The standard InChI is InChI=1S/C20H21Cl2N3O2S/c1-14(2)10-15-6-8-17(9-7-15)28(26,27)24-16-11-23-25(12-16)13-18-19(21)4-3-5-20(18)22/h3-9,11-12,14,24H,10,13H2,1-2H3. The number of anilines is 1. The summed E-state index contributed by atoms with van der Waals surface area (Å²) >= 11 is 12.4. The molecule has 3 rings (SSSR count). The third-order valence-electron chi connectivity index (χ3n) is 4.14. The van der Waals surface area contributed by atoms with Crippen molar-refractivity contribution in [3.63, 3.8) is 0 Å². The normalized spacial score (nSPS) is 11.8. The van der Waals surface area contributed by atoms with Crippen LogP contribution in [0.15, 0.2) is 59.8 Å². The van der Waals surface area contributed by atoms with Gasteiger partial charge in [-0.2, -0.15) is 5.10 Å². The Morgan fingerprint density at radius 2 is 1.71 bits per heavy atom. The van der Waals surface area contributed by atoms with E-state index in [-0.39, 0.29) is 4.90 Å². The van der Waals surface area contributed by atoms with E-state index in [4.69, 9.17) is 23.2 Å². The van der Waals surface area contributed by atoms with Gasteiger partial charge in [0.2, 0.25) is 0 Å². The second-order valence-corrected chi connectivity index (χ2v) is 9.47. The van der Waals surface area contributed by atoms with Crippen LogP contribution in [0.3, 0.4) is 0 Å². The van der Waals surface area contributed by atoms with Crippen molar-refractivity contribution in [3.8, 4) is 0 Å². The van der Waals surface area contributed by atoms with E-state index in [1.165, 1.54) is 6.20 Å². The first-order chi connectivity index (χ1) is 13.2. The van der Waals surface area contributed by atoms with Crippen molar-refractivity contribution >= 4 is 38.9 Å². The molecule has 0 fully saturated rings. The van der Waals surface area contributed by atoms with Crippen LogP contribution in [0, 0.1) is 5.92 Å². The zero-order valence-electron chi connectivity index (χ0n) is 15.6. The van der Waals surface area contributed by atoms with Crippen LogP contribution in [0.2, 0.25) is 10.0 Å². The minimum Gasteiger partial charge on any atom is -0.276 e. The predicted octanol–water partition coefficient (Wildman–Crippen LogP) is 5.24. The zero-order chi connectivity index (χ0) is 20.3. The van der Waals surface area contributed by atoms with Gasteiger partial charge in [-0.05, 0) is 42.2 Å². The summed E-state index contributed by atoms with van der Waals surface area (Å²) in [4.78, 5) is 0.210. The molecule has 0 atom stereocenters. The maximum Gasteiger partial charge on any atom is 0.261 e. The molecule has 28 heavy (non-hydrogen) atoms. The molecule has 0 unspecified atom stereocenters. The lowest BCUT2D eigenvalue weighted by Gasteiger charge is -2.09. The fraction of sp³-hybridized carbons (Fsp3) is 0.250. The Balaban J connectivity index is 1.73. The first-order valence-corrected chi connectivity index (χ1v) is 11.1. The van der Waals surface area contributed by atoms with E-state index < -0.39 is 10.0 Å². The van der Waals surface area contributed by atoms with Gasteiger partial charge in [0, 0.05) is 21.8 Å². The average molecular weight is 438 g/mol. The summed E-state index contributed by atoms with van der Waals surface area (Å²) in [5, 5.41) is 5.26. The number of aromatic nitrogens is 2. The van der Waals surface area contributed by atoms with E-state index in [1.807, 2.05) is 12.1 Å². The van der Waals surface area contributed by atoms with Crippen molar-refractivity contribution in [2.24, 2.45) is 5.92 Å². The number of hydrogen-bond donors (Lipinski definition) is 1. The van der Waals surface area contributed by atoms with Crippen molar-refractivity contribution in [2.45, 2.75) is 31.7 Å². The molecule has 0 saturated heterocycles. The van der Waals surface area contributed by atoms with E-state index in [1.54, 1.807) is 41.2 Å². The van der Waals surface area contributed by atoms with Crippen LogP contribution in [0.1, 0.15) is 25.0 Å². The molecule has 8 heteroatoms. The second-order valence-electron chi connectivity index (χ2n) is 6.97. The van der Waals surface area contributed by atoms with Crippen molar-refractivity contribution < 1.29 is 8.42 Å². The summed E-state index contributed by atoms with van der Waals surface area (Å²) in [5.74, 6) is 0.512. The lowest BCUT2D eigenvalue weighted by atomic mass is 10.0. The minimum absolute atomic E-state index is 0.210. The van der Waals surface area contributed by atoms with Crippen molar-refractivity contribution in [3.05, 3.63) is 76.0 Å². The number of hydrogen-bond acceptors (Lipinski definition) is 3. The molecule has 5 nitrogen and oxygen atoms in total. The Kier molecular flexibility index (Phi) is 6.33. The van der Waals surface area contributed by atoms with Crippen molar-refractivity contribution in [1.29, 1.82) is 0 Å². The number of nitrogens with zero attached hydrogens (tertiary/aromatic N) is 2. The third kappa shape index (κ3) is 5.07. The van der Waals surface area contributed by atoms with Gasteiger partial charge in [0.25, 0.3) is 10.0 Å². The summed E-state index contributed by atoms with van der Waals surface area (Å²) in [6, 6.07) is 12.2. The Labute approximate surface area is 175 Å². The van der Waals surface area contributed by atoms with Crippen LogP contribution < -0.4 is 4.72 Å². The second kappa shape index (κ2) is 8.55. The zero-order valence-corrected chi connectivity index (χ0v) is 17.9. The fourth-order valence-electron chi connectivity index (χ4n) is 2.84. The minimum atomic E-state index is -3.69. The molecule has 1 N–H and O–H groups in total. The molecule has 3 aromatic rings. The van der Waals surface area contributed by atoms with Crippen LogP contribution in [0.4, 0.5) is 5.69 Å². The highest BCUT2D eigenvalue weighted by atomic mass is 35.5. The molecular formula is C20H21Cl2N3O2S. The summed E-state index contributed by atoms with van der Waals surface area (Å²) in [7, 11) is -3.69. The van der Waals surface area contributed by atoms with Crippen LogP contribution >= 0.6 is 23.2 Å². The van der Waals surface area contributed by atoms with Crippen LogP contribution in [-0.4, -0.2) is 18.2 Å². The molecule has 0 amide bonds. The first-order valence-electron chi connectivity index (χ1n) is 8.81. The summed E-state index contributed by atoms with van der Waals surface area (Å²) in [6.07, 6.45) is 3.96. The van der Waals surface area contributed by atoms with Gasteiger partial charge >= 0.3 is 0 Å². The van der Waals surface area contributed by atoms with E-state index >= 15 is 0 Å². The summed E-state index contributed by atoms with van der Waals surface area (Å²) in [5.41, 5.74) is 2.21. The number of nitrogens with one attached hydrogen (secondary N) is 1. The molecule has 0 aliphatic heterocycles. The van der Waals surface area contributed by atoms with Gasteiger partial charge < -0.3 is 0 Å². The molecule has 0 spiro atoms. The number of halogens is 2. The average Bonchev–Trinajstić information content (AvgIpc) is 3.04. The SMILES string of the molecule is CC(C)Cc1ccc(S(=O)(=O)Nc2cnn(Cc3c(Cl)cccc3Cl)c2)cc1. The van der Waals surface area contributed by atoms with Crippen LogP contribution in [0.25, 0.3) is 0 Å². The van der Waals surface area contributed by atoms with Crippen LogP contribution in [-0.2, 0) is 23.0 Å². The van der Waals surface area contributed by atoms with Gasteiger partial charge in [0.05, 0.1) is 23.3 Å². The Morgan fingerprint density at radius 1 is 1.07 bits per heavy atom. The molecule has 0 aliphatic carbocycles. The molecular weight excluding hydrogens is 417 g/mol. The predicted molar refractivity (Wildman–Crippen MR) is 114 cm³/mol. The van der Waals surface area contributed by atoms with E-state index in [2.05, 4.69) is 23.7 Å². The molecule has 2 aromatic carbocycles. The van der Waals surface area contributed by atoms with Gasteiger partial charge in [-0.1, -0.05) is 55.2 Å². The topological polar surface area (TPSA) is 64.0 Å². The highest BCUT2D eigenvalue weighted by molar-refractivity contribution is 7.92. The highest BCUT2D eigenvalue weighted by Gasteiger charge is 2.16. The molecule has 1 heterocycles. The maximum absolute atomic E-state index is 12.6. The lowest BCUT2D eigenvalue weighted by molar-refractivity contribution is 0.601. The van der Waals surface area contributed by atoms with Crippen molar-refractivity contribution in [2.75, 3.05) is 4.72 Å².